The van der Waals surface area contributed by atoms with Crippen molar-refractivity contribution >= 4 is 11.3 Å². The van der Waals surface area contributed by atoms with Crippen molar-refractivity contribution in [1.82, 2.24) is 0 Å². The maximum atomic E-state index is 2.90. The van der Waals surface area contributed by atoms with E-state index in [2.05, 4.69) is 5.38 Å². The van der Waals surface area contributed by atoms with Gasteiger partial charge in [0, 0.05) is 0 Å². The average Bonchev–Trinajstić information content (AvgIpc) is 1.76. The molecule has 6 heavy (non-hydrogen) atoms. The molecular formula is C4H3RfS-. The molecular weight excluding hydrogens is 347 g/mol. The molecule has 0 atom stereocenters. The number of rotatable bonds is 0. The summed E-state index contributed by atoms with van der Waals surface area (Å²) in [5, 5.41) is 4.89. The second kappa shape index (κ2) is 1.97. The van der Waals surface area contributed by atoms with Crippen LogP contribution in [0.5, 0.6) is 0 Å². The summed E-state index contributed by atoms with van der Waals surface area (Å²) in [6.07, 6.45) is 0. The molecule has 0 bridgehead atoms. The van der Waals surface area contributed by atoms with Crippen molar-refractivity contribution in [3.63, 3.8) is 0 Å². The van der Waals surface area contributed by atoms with Gasteiger partial charge in [-0.3, -0.25) is 0 Å². The van der Waals surface area contributed by atoms with Crippen LogP contribution in [0.15, 0.2) is 17.5 Å². The largest absolute Gasteiger partial charge is 0.304 e. The standard InChI is InChI=1S/C4H3S.Rf/c1-2-4-5-3-1;/h1-3H;/q-1;. The van der Waals surface area contributed by atoms with Gasteiger partial charge in [0.1, 0.15) is 0 Å². The monoisotopic (exact) mass is 350 g/mol. The summed E-state index contributed by atoms with van der Waals surface area (Å²) in [7, 11) is 0. The first-order valence-electron chi connectivity index (χ1n) is 1.40. The first-order valence-corrected chi connectivity index (χ1v) is 2.27. The van der Waals surface area contributed by atoms with Crippen LogP contribution in [0, 0.1) is 5.38 Å². The number of hydrogen-bond donors (Lipinski definition) is 0. The predicted octanol–water partition coefficient (Wildman–Crippen LogP) is 1.55. The van der Waals surface area contributed by atoms with E-state index in [1.54, 1.807) is 11.3 Å². The Morgan fingerprint density at radius 2 is 2.33 bits per heavy atom. The Morgan fingerprint density at radius 1 is 1.50 bits per heavy atom. The molecule has 0 nitrogen and oxygen atoms in total. The molecule has 0 saturated heterocycles. The zero-order valence-corrected chi connectivity index (χ0v) is 10.6. The first-order chi connectivity index (χ1) is 2.50. The Kier molecular flexibility index (Phi) is 1.54. The van der Waals surface area contributed by atoms with E-state index in [1.165, 1.54) is 0 Å². The van der Waals surface area contributed by atoms with E-state index < -0.39 is 0 Å². The second-order valence-corrected chi connectivity index (χ2v) is 1.47. The summed E-state index contributed by atoms with van der Waals surface area (Å²) < 4.78 is 0. The zero-order chi connectivity index (χ0) is 3.54. The molecule has 0 unspecified atom stereocenters. The number of thiophene rings is 1. The van der Waals surface area contributed by atoms with Gasteiger partial charge in [-0.25, -0.2) is 6.07 Å². The van der Waals surface area contributed by atoms with Crippen molar-refractivity contribution in [2.24, 2.45) is 0 Å². The minimum Gasteiger partial charge on any atom is -0.304 e. The molecule has 0 aliphatic carbocycles. The molecule has 0 fully saturated rings. The second-order valence-electron chi connectivity index (χ2n) is 0.731. The SMILES string of the molecule is [Rf].[c-]1cccs1. The topological polar surface area (TPSA) is 0 Å². The molecule has 0 aromatic carbocycles. The van der Waals surface area contributed by atoms with E-state index in [1.807, 2.05) is 17.5 Å². The summed E-state index contributed by atoms with van der Waals surface area (Å²) in [6, 6.07) is 3.86. The minimum absolute atomic E-state index is 0. The fourth-order valence-corrected chi connectivity index (χ4v) is 0.589. The van der Waals surface area contributed by atoms with Crippen LogP contribution in [0.4, 0.5) is 0 Å². The molecule has 1 aromatic heterocycles. The van der Waals surface area contributed by atoms with E-state index in [4.69, 9.17) is 0 Å². The number of hydrogen-bond acceptors (Lipinski definition) is 1. The van der Waals surface area contributed by atoms with Crippen LogP contribution in [0.3, 0.4) is 0 Å². The van der Waals surface area contributed by atoms with Gasteiger partial charge < -0.3 is 11.3 Å². The van der Waals surface area contributed by atoms with Crippen molar-refractivity contribution in [1.29, 1.82) is 0 Å². The summed E-state index contributed by atoms with van der Waals surface area (Å²) >= 11 is 1.59. The van der Waals surface area contributed by atoms with Gasteiger partial charge in [-0.1, -0.05) is 0 Å². The molecule has 28 valence electrons. The average molecular weight is 350 g/mol. The van der Waals surface area contributed by atoms with E-state index in [9.17, 15) is 0 Å². The summed E-state index contributed by atoms with van der Waals surface area (Å²) in [6.45, 7) is 0. The predicted molar refractivity (Wildman–Crippen MR) is 23.2 cm³/mol. The molecule has 0 amide bonds. The van der Waals surface area contributed by atoms with E-state index in [0.717, 1.165) is 0 Å². The molecule has 1 heterocycles. The van der Waals surface area contributed by atoms with Crippen LogP contribution < -0.4 is 0 Å². The van der Waals surface area contributed by atoms with Crippen LogP contribution >= 0.6 is 11.3 Å². The van der Waals surface area contributed by atoms with Crippen LogP contribution in [0.1, 0.15) is 0 Å². The smallest absolute Gasteiger partial charge is 0 e. The van der Waals surface area contributed by atoms with Gasteiger partial charge in [-0.05, 0) is 0 Å². The van der Waals surface area contributed by atoms with Crippen molar-refractivity contribution in [3.8, 4) is 0 Å². The Hall–Kier alpha value is -1.30. The van der Waals surface area contributed by atoms with Crippen molar-refractivity contribution in [2.45, 2.75) is 0 Å². The van der Waals surface area contributed by atoms with Crippen LogP contribution in [0.2, 0.25) is 0 Å². The van der Waals surface area contributed by atoms with Gasteiger partial charge in [0.15, 0.2) is 0 Å². The van der Waals surface area contributed by atoms with E-state index >= 15 is 0 Å². The zero-order valence-electron chi connectivity index (χ0n) is 3.35. The van der Waals surface area contributed by atoms with Crippen LogP contribution in [0.25, 0.3) is 0 Å². The molecule has 0 radical (unpaired) electrons. The van der Waals surface area contributed by atoms with Crippen LogP contribution in [-0.2, 0) is 0 Å². The fraction of sp³-hybridized carbons (Fsp3) is 0. The maximum Gasteiger partial charge on any atom is 0 e. The summed E-state index contributed by atoms with van der Waals surface area (Å²) in [5.74, 6) is 0. The molecule has 1 rings (SSSR count). The summed E-state index contributed by atoms with van der Waals surface area (Å²) in [4.78, 5) is 0. The molecule has 0 saturated carbocycles. The molecule has 2 heteroatoms. The van der Waals surface area contributed by atoms with E-state index in [0.29, 0.717) is 0 Å². The normalized spacial score (nSPS) is 6.67. The Labute approximate surface area is 35.1 Å². The quantitative estimate of drug-likeness (QED) is 0.623. The van der Waals surface area contributed by atoms with Gasteiger partial charge in [-0.2, -0.15) is 11.4 Å². The Bertz CT molecular complexity index is 64.0. The van der Waals surface area contributed by atoms with Gasteiger partial charge in [0.25, 0.3) is 0 Å². The molecule has 0 aliphatic rings. The fourth-order valence-electron chi connectivity index (χ4n) is 0.196. The maximum absolute atomic E-state index is 2.90. The molecule has 1 aromatic rings. The van der Waals surface area contributed by atoms with Crippen LogP contribution in [-0.4, -0.2) is 0 Å². The van der Waals surface area contributed by atoms with Gasteiger partial charge in [0.05, 0.1) is 0 Å². The van der Waals surface area contributed by atoms with Gasteiger partial charge in [0.2, 0.25) is 0 Å². The van der Waals surface area contributed by atoms with E-state index in [-0.39, 0.29) is 0 Å². The van der Waals surface area contributed by atoms with Crippen molar-refractivity contribution in [2.75, 3.05) is 0 Å². The molecule has 0 spiro atoms. The first kappa shape index (κ1) is 4.70. The molecule has 0 aliphatic heterocycles. The molecule has 0 N–H and O–H groups in total. The third-order valence-electron chi connectivity index (χ3n) is 0.379. The summed E-state index contributed by atoms with van der Waals surface area (Å²) in [5.41, 5.74) is 0. The Balaban J connectivity index is 0.000000250. The van der Waals surface area contributed by atoms with Gasteiger partial charge in [-0.15, -0.1) is 5.38 Å². The van der Waals surface area contributed by atoms with Gasteiger partial charge >= 0.3 is 0 Å². The Morgan fingerprint density at radius 3 is 2.50 bits per heavy atom. The third kappa shape index (κ3) is 0.570. The van der Waals surface area contributed by atoms with Crippen molar-refractivity contribution in [3.05, 3.63) is 22.9 Å². The minimum atomic E-state index is 0. The third-order valence-corrected chi connectivity index (χ3v) is 0.944. The van der Waals surface area contributed by atoms with Crippen molar-refractivity contribution < 1.29 is 0 Å².